The quantitative estimate of drug-likeness (QED) is 0.130. The molecular formula is C32H31N3. The molecule has 3 heteroatoms. The van der Waals surface area contributed by atoms with Crippen LogP contribution >= 0.6 is 0 Å². The molecule has 0 atom stereocenters. The molecule has 6 rings (SSSR count). The van der Waals surface area contributed by atoms with Gasteiger partial charge in [0, 0.05) is 39.1 Å². The van der Waals surface area contributed by atoms with Crippen molar-refractivity contribution in [2.24, 2.45) is 4.99 Å². The minimum atomic E-state index is 0.727. The zero-order chi connectivity index (χ0) is 23.6. The van der Waals surface area contributed by atoms with Gasteiger partial charge in [-0.3, -0.25) is 9.56 Å². The fourth-order valence-corrected chi connectivity index (χ4v) is 5.45. The number of fused-ring (bicyclic) bond motifs is 6. The summed E-state index contributed by atoms with van der Waals surface area (Å²) < 4.78 is 4.84. The molecule has 174 valence electrons. The van der Waals surface area contributed by atoms with E-state index in [1.165, 1.54) is 62.9 Å². The number of hydrogen-bond acceptors (Lipinski definition) is 1. The molecule has 0 aliphatic heterocycles. The molecule has 0 unspecified atom stereocenters. The molecule has 2 aromatic heterocycles. The highest BCUT2D eigenvalue weighted by atomic mass is 15.1. The maximum absolute atomic E-state index is 5.29. The summed E-state index contributed by atoms with van der Waals surface area (Å²) in [5, 5.41) is 5.16. The highest BCUT2D eigenvalue weighted by Crippen LogP contribution is 2.31. The van der Waals surface area contributed by atoms with Gasteiger partial charge in [0.25, 0.3) is 0 Å². The van der Waals surface area contributed by atoms with Crippen LogP contribution in [0, 0.1) is 0 Å². The van der Waals surface area contributed by atoms with Crippen molar-refractivity contribution in [3.8, 4) is 0 Å². The molecule has 0 aliphatic carbocycles. The van der Waals surface area contributed by atoms with Crippen LogP contribution < -0.4 is 0 Å². The fraction of sp³-hybridized carbons (Fsp3) is 0.219. The largest absolute Gasteiger partial charge is 0.333 e. The van der Waals surface area contributed by atoms with Crippen molar-refractivity contribution in [3.63, 3.8) is 0 Å². The monoisotopic (exact) mass is 457 g/mol. The Labute approximate surface area is 206 Å². The van der Waals surface area contributed by atoms with Crippen LogP contribution in [0.15, 0.2) is 102 Å². The van der Waals surface area contributed by atoms with Gasteiger partial charge in [-0.1, -0.05) is 99.0 Å². The summed E-state index contributed by atoms with van der Waals surface area (Å²) in [5.41, 5.74) is 4.96. The fourth-order valence-electron chi connectivity index (χ4n) is 5.45. The Morgan fingerprint density at radius 1 is 0.571 bits per heavy atom. The summed E-state index contributed by atoms with van der Waals surface area (Å²) in [5.74, 6) is 1.10. The van der Waals surface area contributed by atoms with Gasteiger partial charge in [0.05, 0.1) is 17.6 Å². The van der Waals surface area contributed by atoms with Crippen molar-refractivity contribution in [2.45, 2.75) is 39.2 Å². The Morgan fingerprint density at radius 2 is 1.03 bits per heavy atom. The lowest BCUT2D eigenvalue weighted by Gasteiger charge is -2.15. The zero-order valence-electron chi connectivity index (χ0n) is 20.3. The Bertz CT molecular complexity index is 1560. The first-order valence-electron chi connectivity index (χ1n) is 12.8. The first-order valence-corrected chi connectivity index (χ1v) is 12.8. The highest BCUT2D eigenvalue weighted by Gasteiger charge is 2.17. The van der Waals surface area contributed by atoms with Crippen molar-refractivity contribution >= 4 is 49.4 Å². The minimum absolute atomic E-state index is 0.727. The topological polar surface area (TPSA) is 22.2 Å². The van der Waals surface area contributed by atoms with Crippen molar-refractivity contribution < 1.29 is 0 Å². The van der Waals surface area contributed by atoms with Gasteiger partial charge >= 0.3 is 0 Å². The number of aromatic nitrogens is 2. The average Bonchev–Trinajstić information content (AvgIpc) is 3.41. The number of aliphatic imine (C=N–C) groups is 1. The highest BCUT2D eigenvalue weighted by molar-refractivity contribution is 6.15. The Kier molecular flexibility index (Phi) is 5.83. The van der Waals surface area contributed by atoms with Crippen LogP contribution in [0.5, 0.6) is 0 Å². The predicted octanol–water partition coefficient (Wildman–Crippen LogP) is 8.43. The SMILES string of the molecule is CCCCCCN=C(Cn1c2ccccc2c2ccccc21)n1c2ccccc2c2ccccc21. The Hall–Kier alpha value is -3.85. The third kappa shape index (κ3) is 3.81. The molecule has 0 bridgehead atoms. The molecule has 0 saturated heterocycles. The summed E-state index contributed by atoms with van der Waals surface area (Å²) in [4.78, 5) is 5.29. The molecule has 2 heterocycles. The van der Waals surface area contributed by atoms with Gasteiger partial charge in [-0.2, -0.15) is 0 Å². The smallest absolute Gasteiger partial charge is 0.128 e. The van der Waals surface area contributed by atoms with Crippen LogP contribution in [-0.2, 0) is 6.54 Å². The van der Waals surface area contributed by atoms with E-state index < -0.39 is 0 Å². The molecular weight excluding hydrogens is 426 g/mol. The van der Waals surface area contributed by atoms with Gasteiger partial charge < -0.3 is 4.57 Å². The second-order valence-electron chi connectivity index (χ2n) is 9.35. The van der Waals surface area contributed by atoms with Crippen LogP contribution in [0.3, 0.4) is 0 Å². The molecule has 4 aromatic carbocycles. The third-order valence-corrected chi connectivity index (χ3v) is 7.12. The zero-order valence-corrected chi connectivity index (χ0v) is 20.3. The molecule has 0 saturated carbocycles. The number of para-hydroxylation sites is 4. The van der Waals surface area contributed by atoms with E-state index in [4.69, 9.17) is 4.99 Å². The average molecular weight is 458 g/mol. The molecule has 0 radical (unpaired) electrons. The van der Waals surface area contributed by atoms with Crippen LogP contribution in [-0.4, -0.2) is 21.5 Å². The number of hydrogen-bond donors (Lipinski definition) is 0. The van der Waals surface area contributed by atoms with Gasteiger partial charge in [-0.05, 0) is 30.7 Å². The first kappa shape index (κ1) is 21.7. The number of nitrogens with zero attached hydrogens (tertiary/aromatic N) is 3. The second-order valence-corrected chi connectivity index (χ2v) is 9.35. The van der Waals surface area contributed by atoms with Gasteiger partial charge in [0.2, 0.25) is 0 Å². The molecule has 3 nitrogen and oxygen atoms in total. The minimum Gasteiger partial charge on any atom is -0.333 e. The van der Waals surface area contributed by atoms with E-state index in [1.807, 2.05) is 0 Å². The maximum Gasteiger partial charge on any atom is 0.128 e. The van der Waals surface area contributed by atoms with Crippen LogP contribution in [0.2, 0.25) is 0 Å². The Balaban J connectivity index is 1.55. The predicted molar refractivity (Wildman–Crippen MR) is 151 cm³/mol. The summed E-state index contributed by atoms with van der Waals surface area (Å²) >= 11 is 0. The lowest BCUT2D eigenvalue weighted by atomic mass is 10.2. The number of rotatable bonds is 7. The standard InChI is InChI=1S/C32H31N3/c1-2-3-4-13-22-33-32(35-30-20-11-7-16-26(30)27-17-8-12-21-31(27)35)23-34-28-18-9-5-14-24(28)25-15-6-10-19-29(25)34/h5-12,14-21H,2-4,13,22-23H2,1H3. The van der Waals surface area contributed by atoms with E-state index in [1.54, 1.807) is 0 Å². The van der Waals surface area contributed by atoms with E-state index >= 15 is 0 Å². The molecule has 0 amide bonds. The van der Waals surface area contributed by atoms with Gasteiger partial charge in [0.1, 0.15) is 5.84 Å². The van der Waals surface area contributed by atoms with Gasteiger partial charge in [-0.25, -0.2) is 0 Å². The van der Waals surface area contributed by atoms with E-state index in [9.17, 15) is 0 Å². The molecule has 6 aromatic rings. The molecule has 0 N–H and O–H groups in total. The van der Waals surface area contributed by atoms with E-state index in [0.717, 1.165) is 25.3 Å². The summed E-state index contributed by atoms with van der Waals surface area (Å²) in [7, 11) is 0. The summed E-state index contributed by atoms with van der Waals surface area (Å²) in [6, 6.07) is 34.9. The van der Waals surface area contributed by atoms with E-state index in [2.05, 4.69) is 113 Å². The van der Waals surface area contributed by atoms with Crippen molar-refractivity contribution in [1.29, 1.82) is 0 Å². The van der Waals surface area contributed by atoms with E-state index in [-0.39, 0.29) is 0 Å². The lowest BCUT2D eigenvalue weighted by Crippen LogP contribution is -2.19. The number of benzene rings is 4. The molecule has 0 spiro atoms. The summed E-state index contributed by atoms with van der Waals surface area (Å²) in [6.45, 7) is 3.84. The van der Waals surface area contributed by atoms with Gasteiger partial charge in [0.15, 0.2) is 0 Å². The molecule has 35 heavy (non-hydrogen) atoms. The van der Waals surface area contributed by atoms with Crippen molar-refractivity contribution in [3.05, 3.63) is 97.1 Å². The lowest BCUT2D eigenvalue weighted by molar-refractivity contribution is 0.673. The third-order valence-electron chi connectivity index (χ3n) is 7.12. The first-order chi connectivity index (χ1) is 17.4. The molecule has 0 fully saturated rings. The Morgan fingerprint density at radius 3 is 1.54 bits per heavy atom. The van der Waals surface area contributed by atoms with Gasteiger partial charge in [-0.15, -0.1) is 0 Å². The second kappa shape index (κ2) is 9.42. The van der Waals surface area contributed by atoms with Crippen LogP contribution in [0.4, 0.5) is 0 Å². The summed E-state index contributed by atoms with van der Waals surface area (Å²) in [6.07, 6.45) is 4.87. The van der Waals surface area contributed by atoms with Crippen molar-refractivity contribution in [2.75, 3.05) is 6.54 Å². The van der Waals surface area contributed by atoms with Crippen LogP contribution in [0.25, 0.3) is 43.6 Å². The van der Waals surface area contributed by atoms with E-state index in [0.29, 0.717) is 0 Å². The molecule has 0 aliphatic rings. The van der Waals surface area contributed by atoms with Crippen LogP contribution in [0.1, 0.15) is 32.6 Å². The van der Waals surface area contributed by atoms with Crippen molar-refractivity contribution in [1.82, 2.24) is 9.13 Å². The normalized spacial score (nSPS) is 12.4. The number of unbranched alkanes of at least 4 members (excludes halogenated alkanes) is 3. The maximum atomic E-state index is 5.29.